The number of hydrogen-bond donors (Lipinski definition) is 0. The summed E-state index contributed by atoms with van der Waals surface area (Å²) < 4.78 is 10.5. The van der Waals surface area contributed by atoms with Crippen LogP contribution in [0.25, 0.3) is 0 Å². The largest absolute Gasteiger partial charge is 0.394 e. The number of nitrogens with zero attached hydrogens (tertiary/aromatic N) is 1. The Balaban J connectivity index is 5.05. The average molecular weight is 341 g/mol. The Morgan fingerprint density at radius 3 is 2.00 bits per heavy atom. The molecule has 1 N–H and O–H groups in total. The van der Waals surface area contributed by atoms with Crippen LogP contribution in [0.4, 0.5) is 0 Å². The monoisotopic (exact) mass is 340 g/mol. The lowest BCUT2D eigenvalue weighted by atomic mass is 10.1. The van der Waals surface area contributed by atoms with E-state index in [1.807, 2.05) is 33.9 Å². The zero-order valence-electron chi connectivity index (χ0n) is 14.3. The van der Waals surface area contributed by atoms with Crippen molar-refractivity contribution in [3.8, 4) is 0 Å². The molecule has 0 spiro atoms. The molecule has 0 radical (unpaired) electrons. The van der Waals surface area contributed by atoms with Crippen molar-refractivity contribution in [1.29, 1.82) is 0 Å². The number of rotatable bonds is 7. The highest BCUT2D eigenvalue weighted by Crippen LogP contribution is 2.64. The molecule has 0 saturated carbocycles. The Morgan fingerprint density at radius 2 is 1.65 bits per heavy atom. The van der Waals surface area contributed by atoms with E-state index in [4.69, 9.17) is 16.3 Å². The molecule has 20 heavy (non-hydrogen) atoms. The van der Waals surface area contributed by atoms with Crippen LogP contribution < -0.4 is 0 Å². The predicted molar refractivity (Wildman–Crippen MR) is 97.8 cm³/mol. The van der Waals surface area contributed by atoms with Crippen LogP contribution in [0.5, 0.6) is 0 Å². The quantitative estimate of drug-likeness (QED) is 0.373. The van der Waals surface area contributed by atoms with Crippen LogP contribution in [-0.2, 0) is 16.3 Å². The predicted octanol–water partition coefficient (Wildman–Crippen LogP) is 4.95. The first-order valence-electron chi connectivity index (χ1n) is 7.03. The normalized spacial score (nSPS) is 17.1. The maximum absolute atomic E-state index is 5.98. The average Bonchev–Trinajstić information content (AvgIpc) is 2.08. The first kappa shape index (κ1) is 20.6. The van der Waals surface area contributed by atoms with Crippen molar-refractivity contribution in [2.75, 3.05) is 0 Å². The maximum Gasteiger partial charge on any atom is 0.394 e. The summed E-state index contributed by atoms with van der Waals surface area (Å²) in [5, 5.41) is 0. The zero-order valence-corrected chi connectivity index (χ0v) is 16.8. The van der Waals surface area contributed by atoms with Gasteiger partial charge in [-0.3, -0.25) is 9.52 Å². The first-order valence-corrected chi connectivity index (χ1v) is 11.1. The van der Waals surface area contributed by atoms with Crippen LogP contribution in [-0.4, -0.2) is 33.2 Å². The van der Waals surface area contributed by atoms with E-state index in [2.05, 4.69) is 44.1 Å². The molecule has 1 atom stereocenters. The van der Waals surface area contributed by atoms with E-state index in [-0.39, 0.29) is 22.5 Å². The van der Waals surface area contributed by atoms with Gasteiger partial charge in [0.25, 0.3) is 0 Å². The molecule has 0 fully saturated rings. The standard InChI is InChI=1S/C14H30NO2PS2/c1-11(2)16-18(19,17-12(3)4)20-14(8,9)10-15-13(5,6)7/h10-12H,1-9H3/p+1. The molecule has 0 aliphatic rings. The second-order valence-corrected chi connectivity index (χ2v) is 13.8. The molecule has 0 amide bonds. The molecular formula is C14H31NO2PS2+. The van der Waals surface area contributed by atoms with E-state index in [1.54, 1.807) is 11.4 Å². The molecular weight excluding hydrogens is 309 g/mol. The van der Waals surface area contributed by atoms with Crippen molar-refractivity contribution in [3.05, 3.63) is 0 Å². The van der Waals surface area contributed by atoms with Crippen LogP contribution in [0.3, 0.4) is 0 Å². The molecule has 0 bridgehead atoms. The summed E-state index contributed by atoms with van der Waals surface area (Å²) >= 11 is 7.37. The van der Waals surface area contributed by atoms with Gasteiger partial charge in [-0.05, 0) is 59.8 Å². The van der Waals surface area contributed by atoms with E-state index in [0.29, 0.717) is 0 Å². The fraction of sp³-hybridized carbons (Fsp3) is 0.929. The Hall–Kier alpha value is 0.590. The number of hydrogen-bond acceptors (Lipinski definition) is 4. The van der Waals surface area contributed by atoms with Gasteiger partial charge in [0.1, 0.15) is 0 Å². The molecule has 1 unspecified atom stereocenters. The lowest BCUT2D eigenvalue weighted by Crippen LogP contribution is -2.22. The Kier molecular flexibility index (Phi) is 7.96. The lowest BCUT2D eigenvalue weighted by Gasteiger charge is -2.28. The highest BCUT2D eigenvalue weighted by molar-refractivity contribution is 8.68. The Morgan fingerprint density at radius 1 is 1.15 bits per heavy atom. The van der Waals surface area contributed by atoms with Crippen LogP contribution >= 0.6 is 17.1 Å². The molecule has 0 aromatic carbocycles. The number of aliphatic hydroxyl groups is 1. The van der Waals surface area contributed by atoms with Gasteiger partial charge < -0.3 is 4.52 Å². The van der Waals surface area contributed by atoms with Gasteiger partial charge in [0.2, 0.25) is 0 Å². The third-order valence-corrected chi connectivity index (χ3v) is 7.93. The second-order valence-electron chi connectivity index (χ2n) is 6.96. The summed E-state index contributed by atoms with van der Waals surface area (Å²) in [4.78, 5) is 4.60. The van der Waals surface area contributed by atoms with Gasteiger partial charge in [0.05, 0.1) is 16.4 Å². The zero-order chi connectivity index (χ0) is 16.2. The summed E-state index contributed by atoms with van der Waals surface area (Å²) in [6, 6.07) is 0. The van der Waals surface area contributed by atoms with Crippen molar-refractivity contribution in [1.82, 2.24) is 0 Å². The minimum atomic E-state index is -2.25. The van der Waals surface area contributed by atoms with E-state index in [0.717, 1.165) is 0 Å². The second kappa shape index (κ2) is 7.73. The third kappa shape index (κ3) is 10.3. The topological polar surface area (TPSA) is 34.4 Å². The molecule has 0 saturated heterocycles. The summed E-state index contributed by atoms with van der Waals surface area (Å²) in [6.45, 7) is 18.6. The molecule has 0 aliphatic heterocycles. The SMILES string of the molecule is CC(C)OP(=S)([OH+]C(C)C)SC(C)(C)C=NC(C)(C)C. The smallest absolute Gasteiger partial charge is 0.391 e. The van der Waals surface area contributed by atoms with Crippen molar-refractivity contribution in [3.63, 3.8) is 0 Å². The van der Waals surface area contributed by atoms with Crippen molar-refractivity contribution in [2.24, 2.45) is 4.99 Å². The van der Waals surface area contributed by atoms with Crippen LogP contribution in [0.15, 0.2) is 4.99 Å². The summed E-state index contributed by atoms with van der Waals surface area (Å²) in [6.07, 6.45) is 2.26. The molecule has 0 aliphatic carbocycles. The van der Waals surface area contributed by atoms with Gasteiger partial charge in [-0.2, -0.15) is 0 Å². The maximum atomic E-state index is 5.98. The molecule has 0 heterocycles. The Labute approximate surface area is 134 Å². The van der Waals surface area contributed by atoms with Crippen molar-refractivity contribution in [2.45, 2.75) is 84.8 Å². The van der Waals surface area contributed by atoms with Crippen LogP contribution in [0.2, 0.25) is 0 Å². The summed E-state index contributed by atoms with van der Waals surface area (Å²) in [5.41, 5.74) is -2.33. The minimum absolute atomic E-state index is 0.0749. The van der Waals surface area contributed by atoms with Crippen molar-refractivity contribution >= 4 is 35.1 Å². The molecule has 0 aromatic rings. The van der Waals surface area contributed by atoms with Gasteiger partial charge in [0.15, 0.2) is 6.10 Å². The first-order chi connectivity index (χ1) is 8.75. The molecule has 0 rings (SSSR count). The highest BCUT2D eigenvalue weighted by Gasteiger charge is 2.37. The van der Waals surface area contributed by atoms with Gasteiger partial charge >= 0.3 is 5.69 Å². The molecule has 0 aromatic heterocycles. The van der Waals surface area contributed by atoms with E-state index >= 15 is 0 Å². The van der Waals surface area contributed by atoms with E-state index in [9.17, 15) is 0 Å². The molecule has 3 nitrogen and oxygen atoms in total. The molecule has 120 valence electrons. The third-order valence-electron chi connectivity index (χ3n) is 1.83. The fourth-order valence-corrected chi connectivity index (χ4v) is 9.32. The van der Waals surface area contributed by atoms with Gasteiger partial charge in [0, 0.05) is 31.9 Å². The van der Waals surface area contributed by atoms with E-state index in [1.165, 1.54) is 0 Å². The highest BCUT2D eigenvalue weighted by atomic mass is 32.9. The van der Waals surface area contributed by atoms with Crippen LogP contribution in [0.1, 0.15) is 62.3 Å². The van der Waals surface area contributed by atoms with E-state index < -0.39 is 5.69 Å². The summed E-state index contributed by atoms with van der Waals surface area (Å²) in [7, 11) is 0. The van der Waals surface area contributed by atoms with Gasteiger partial charge in [-0.1, -0.05) is 0 Å². The minimum Gasteiger partial charge on any atom is -0.391 e. The van der Waals surface area contributed by atoms with Gasteiger partial charge in [-0.15, -0.1) is 0 Å². The lowest BCUT2D eigenvalue weighted by molar-refractivity contribution is 0.0646. The van der Waals surface area contributed by atoms with Crippen LogP contribution in [0, 0.1) is 0 Å². The fourth-order valence-electron chi connectivity index (χ4n) is 1.29. The van der Waals surface area contributed by atoms with Crippen molar-refractivity contribution < 1.29 is 9.05 Å². The summed E-state index contributed by atoms with van der Waals surface area (Å²) in [5.74, 6) is 0. The molecule has 6 heteroatoms. The van der Waals surface area contributed by atoms with Gasteiger partial charge in [-0.25, -0.2) is 0 Å². The number of aliphatic imine (C=N–C) groups is 1. The Bertz CT molecular complexity index is 360.